The number of nitrogens with zero attached hydrogens (tertiary/aromatic N) is 1. The van der Waals surface area contributed by atoms with E-state index in [1.807, 2.05) is 19.1 Å². The third kappa shape index (κ3) is 1.58. The van der Waals surface area contributed by atoms with E-state index in [9.17, 15) is 13.2 Å². The van der Waals surface area contributed by atoms with Crippen LogP contribution < -0.4 is 5.56 Å². The Kier molecular flexibility index (Phi) is 2.35. The summed E-state index contributed by atoms with van der Waals surface area (Å²) in [5.74, 6) is 0.129. The summed E-state index contributed by atoms with van der Waals surface area (Å²) in [6.45, 7) is 2.40. The number of aryl methyl sites for hydroxylation is 1. The third-order valence-corrected chi connectivity index (χ3v) is 5.14. The van der Waals surface area contributed by atoms with Crippen LogP contribution in [-0.4, -0.2) is 18.7 Å². The van der Waals surface area contributed by atoms with Gasteiger partial charge in [-0.1, -0.05) is 17.7 Å². The molecule has 0 fully saturated rings. The Labute approximate surface area is 105 Å². The smallest absolute Gasteiger partial charge is 0.259 e. The fraction of sp³-hybridized carbons (Fsp3) is 0.308. The molecular weight excluding hydrogens is 250 g/mol. The van der Waals surface area contributed by atoms with Crippen LogP contribution in [0.5, 0.6) is 0 Å². The number of pyridine rings is 1. The zero-order valence-electron chi connectivity index (χ0n) is 10.0. The van der Waals surface area contributed by atoms with Gasteiger partial charge in [-0.2, -0.15) is 0 Å². The van der Waals surface area contributed by atoms with E-state index >= 15 is 0 Å². The molecule has 1 aliphatic heterocycles. The van der Waals surface area contributed by atoms with Crippen molar-refractivity contribution < 1.29 is 8.42 Å². The molecule has 2 heterocycles. The van der Waals surface area contributed by atoms with Crippen LogP contribution in [-0.2, 0) is 16.4 Å². The van der Waals surface area contributed by atoms with Gasteiger partial charge in [-0.05, 0) is 30.9 Å². The predicted molar refractivity (Wildman–Crippen MR) is 69.6 cm³/mol. The average molecular weight is 263 g/mol. The number of aromatic nitrogens is 1. The number of hydrogen-bond acceptors (Lipinski definition) is 3. The van der Waals surface area contributed by atoms with Gasteiger partial charge in [0.2, 0.25) is 0 Å². The third-order valence-electron chi connectivity index (χ3n) is 3.34. The standard InChI is InChI=1S/C13H13NO3S/c1-9-3-4-10-8-12-14(13(15)11(10)7-9)5-2-6-18(12,16)17/h3-4,7-8H,2,5-6H2,1H3. The van der Waals surface area contributed by atoms with Crippen molar-refractivity contribution in [1.82, 2.24) is 4.57 Å². The highest BCUT2D eigenvalue weighted by Crippen LogP contribution is 2.22. The predicted octanol–water partition coefficient (Wildman–Crippen LogP) is 1.49. The Morgan fingerprint density at radius 2 is 2.00 bits per heavy atom. The van der Waals surface area contributed by atoms with E-state index in [2.05, 4.69) is 0 Å². The van der Waals surface area contributed by atoms with Crippen LogP contribution >= 0.6 is 0 Å². The number of rotatable bonds is 0. The van der Waals surface area contributed by atoms with Crippen molar-refractivity contribution in [2.45, 2.75) is 24.9 Å². The van der Waals surface area contributed by atoms with Gasteiger partial charge in [-0.15, -0.1) is 0 Å². The lowest BCUT2D eigenvalue weighted by Crippen LogP contribution is -2.31. The molecule has 0 saturated heterocycles. The highest BCUT2D eigenvalue weighted by Gasteiger charge is 2.25. The number of hydrogen-bond donors (Lipinski definition) is 0. The van der Waals surface area contributed by atoms with Crippen molar-refractivity contribution in [3.8, 4) is 0 Å². The molecule has 0 aliphatic carbocycles. The molecule has 1 aromatic heterocycles. The Bertz CT molecular complexity index is 803. The fourth-order valence-corrected chi connectivity index (χ4v) is 3.96. The van der Waals surface area contributed by atoms with Crippen molar-refractivity contribution in [3.63, 3.8) is 0 Å². The van der Waals surface area contributed by atoms with Crippen LogP contribution in [0.2, 0.25) is 0 Å². The Hall–Kier alpha value is -1.62. The molecule has 4 nitrogen and oxygen atoms in total. The van der Waals surface area contributed by atoms with E-state index in [0.29, 0.717) is 23.7 Å². The Morgan fingerprint density at radius 3 is 2.78 bits per heavy atom. The first kappa shape index (κ1) is 11.5. The first-order valence-electron chi connectivity index (χ1n) is 5.86. The maximum atomic E-state index is 12.3. The van der Waals surface area contributed by atoms with Gasteiger partial charge in [0.05, 0.1) is 5.75 Å². The lowest BCUT2D eigenvalue weighted by Gasteiger charge is -2.19. The zero-order valence-corrected chi connectivity index (χ0v) is 10.8. The summed E-state index contributed by atoms with van der Waals surface area (Å²) >= 11 is 0. The minimum Gasteiger partial charge on any atom is -0.299 e. The van der Waals surface area contributed by atoms with Crippen molar-refractivity contribution in [3.05, 3.63) is 40.2 Å². The Balaban J connectivity index is 2.49. The van der Waals surface area contributed by atoms with Crippen LogP contribution in [0.25, 0.3) is 10.8 Å². The molecule has 3 rings (SSSR count). The summed E-state index contributed by atoms with van der Waals surface area (Å²) in [5, 5.41) is 1.45. The van der Waals surface area contributed by atoms with Gasteiger partial charge in [-0.3, -0.25) is 9.36 Å². The number of fused-ring (bicyclic) bond motifs is 2. The van der Waals surface area contributed by atoms with E-state index < -0.39 is 9.84 Å². The lowest BCUT2D eigenvalue weighted by atomic mass is 10.1. The average Bonchev–Trinajstić information content (AvgIpc) is 2.31. The van der Waals surface area contributed by atoms with E-state index in [1.54, 1.807) is 12.1 Å². The van der Waals surface area contributed by atoms with Gasteiger partial charge in [-0.25, -0.2) is 8.42 Å². The highest BCUT2D eigenvalue weighted by atomic mass is 32.2. The van der Waals surface area contributed by atoms with Gasteiger partial charge in [0.15, 0.2) is 9.84 Å². The first-order valence-corrected chi connectivity index (χ1v) is 7.51. The minimum absolute atomic E-state index is 0.129. The van der Waals surface area contributed by atoms with Crippen LogP contribution in [0.4, 0.5) is 0 Å². The van der Waals surface area contributed by atoms with Gasteiger partial charge < -0.3 is 0 Å². The van der Waals surface area contributed by atoms with Gasteiger partial charge in [0, 0.05) is 11.9 Å². The second-order valence-electron chi connectivity index (χ2n) is 4.70. The molecule has 0 atom stereocenters. The second kappa shape index (κ2) is 3.68. The molecule has 0 N–H and O–H groups in total. The topological polar surface area (TPSA) is 56.1 Å². The van der Waals surface area contributed by atoms with Crippen LogP contribution in [0.1, 0.15) is 12.0 Å². The largest absolute Gasteiger partial charge is 0.299 e. The normalized spacial score (nSPS) is 17.6. The Morgan fingerprint density at radius 1 is 1.22 bits per heavy atom. The number of benzene rings is 1. The molecule has 0 radical (unpaired) electrons. The van der Waals surface area contributed by atoms with E-state index in [1.165, 1.54) is 4.57 Å². The number of sulfone groups is 1. The lowest BCUT2D eigenvalue weighted by molar-refractivity contribution is 0.527. The molecule has 0 amide bonds. The molecule has 5 heteroatoms. The summed E-state index contributed by atoms with van der Waals surface area (Å²) < 4.78 is 25.3. The second-order valence-corrected chi connectivity index (χ2v) is 6.76. The summed E-state index contributed by atoms with van der Waals surface area (Å²) in [7, 11) is -3.30. The molecule has 0 spiro atoms. The van der Waals surface area contributed by atoms with E-state index in [4.69, 9.17) is 0 Å². The maximum Gasteiger partial charge on any atom is 0.259 e. The van der Waals surface area contributed by atoms with Crippen LogP contribution in [0.15, 0.2) is 34.1 Å². The summed E-state index contributed by atoms with van der Waals surface area (Å²) in [5.41, 5.74) is 0.799. The van der Waals surface area contributed by atoms with Gasteiger partial charge in [0.25, 0.3) is 5.56 Å². The van der Waals surface area contributed by atoms with Crippen molar-refractivity contribution in [2.75, 3.05) is 5.75 Å². The van der Waals surface area contributed by atoms with Crippen LogP contribution in [0.3, 0.4) is 0 Å². The molecule has 0 saturated carbocycles. The quantitative estimate of drug-likeness (QED) is 0.723. The summed E-state index contributed by atoms with van der Waals surface area (Å²) in [6.07, 6.45) is 0.507. The monoisotopic (exact) mass is 263 g/mol. The molecule has 1 aliphatic rings. The minimum atomic E-state index is -3.30. The highest BCUT2D eigenvalue weighted by molar-refractivity contribution is 7.91. The zero-order chi connectivity index (χ0) is 12.9. The molecule has 0 unspecified atom stereocenters. The van der Waals surface area contributed by atoms with Crippen LogP contribution in [0, 0.1) is 6.92 Å². The first-order chi connectivity index (χ1) is 8.49. The summed E-state index contributed by atoms with van der Waals surface area (Å²) in [4.78, 5) is 12.3. The molecule has 1 aromatic carbocycles. The molecule has 2 aromatic rings. The molecule has 94 valence electrons. The van der Waals surface area contributed by atoms with Gasteiger partial charge in [0.1, 0.15) is 5.03 Å². The van der Waals surface area contributed by atoms with Gasteiger partial charge >= 0.3 is 0 Å². The molecule has 0 bridgehead atoms. The van der Waals surface area contributed by atoms with E-state index in [0.717, 1.165) is 5.56 Å². The molecular formula is C13H13NO3S. The molecule has 18 heavy (non-hydrogen) atoms. The van der Waals surface area contributed by atoms with E-state index in [-0.39, 0.29) is 16.3 Å². The van der Waals surface area contributed by atoms with Crippen molar-refractivity contribution in [2.24, 2.45) is 0 Å². The SMILES string of the molecule is Cc1ccc2cc3n(c(=O)c2c1)CCCS3(=O)=O. The van der Waals surface area contributed by atoms with Crippen molar-refractivity contribution in [1.29, 1.82) is 0 Å². The van der Waals surface area contributed by atoms with Crippen molar-refractivity contribution >= 4 is 20.6 Å². The fourth-order valence-electron chi connectivity index (χ4n) is 2.42. The summed E-state index contributed by atoms with van der Waals surface area (Å²) in [6, 6.07) is 7.11. The maximum absolute atomic E-state index is 12.3.